The Morgan fingerprint density at radius 3 is 2.37 bits per heavy atom. The molecule has 8 N–H and O–H groups in total. The van der Waals surface area contributed by atoms with E-state index in [2.05, 4.69) is 5.32 Å². The Kier molecular flexibility index (Phi) is 9.48. The van der Waals surface area contributed by atoms with Crippen molar-refractivity contribution < 1.29 is 59.4 Å². The zero-order chi connectivity index (χ0) is 27.6. The van der Waals surface area contributed by atoms with Gasteiger partial charge in [-0.25, -0.2) is 0 Å². The molecule has 3 fully saturated rings. The lowest BCUT2D eigenvalue weighted by Crippen LogP contribution is -2.62. The van der Waals surface area contributed by atoms with E-state index in [1.54, 1.807) is 20.3 Å². The molecule has 0 unspecified atom stereocenters. The number of fused-ring (bicyclic) bond motifs is 1. The highest BCUT2D eigenvalue weighted by molar-refractivity contribution is 5.43. The molecule has 216 valence electrons. The van der Waals surface area contributed by atoms with Crippen molar-refractivity contribution >= 4 is 0 Å². The minimum atomic E-state index is -1.86. The van der Waals surface area contributed by atoms with Gasteiger partial charge in [0.2, 0.25) is 0 Å². The molecule has 13 nitrogen and oxygen atoms in total. The van der Waals surface area contributed by atoms with Gasteiger partial charge in [0.05, 0.1) is 46.2 Å². The van der Waals surface area contributed by atoms with Crippen molar-refractivity contribution in [3.63, 3.8) is 0 Å². The molecule has 13 heteroatoms. The first-order valence-electron chi connectivity index (χ1n) is 12.7. The van der Waals surface area contributed by atoms with Crippen LogP contribution in [-0.4, -0.2) is 131 Å². The fourth-order valence-electron chi connectivity index (χ4n) is 5.89. The van der Waals surface area contributed by atoms with Crippen LogP contribution in [0.2, 0.25) is 0 Å². The molecule has 2 saturated heterocycles. The van der Waals surface area contributed by atoms with Crippen molar-refractivity contribution in [2.45, 2.75) is 67.6 Å². The molecule has 0 bridgehead atoms. The number of hydrogen-bond donors (Lipinski definition) is 8. The molecule has 1 aliphatic carbocycles. The molecular weight excluding hydrogens is 506 g/mol. The number of rotatable bonds is 10. The van der Waals surface area contributed by atoms with E-state index in [1.807, 2.05) is 12.1 Å². The summed E-state index contributed by atoms with van der Waals surface area (Å²) in [6, 6.07) is 4.58. The number of ether oxygens (including phenoxy) is 5. The molecule has 2 aliphatic heterocycles. The monoisotopic (exact) mass is 545 g/mol. The van der Waals surface area contributed by atoms with Gasteiger partial charge in [-0.05, 0) is 43.0 Å². The Bertz CT molecular complexity index is 920. The second kappa shape index (κ2) is 12.3. The van der Waals surface area contributed by atoms with Crippen LogP contribution >= 0.6 is 0 Å². The first kappa shape index (κ1) is 29.4. The van der Waals surface area contributed by atoms with Crippen LogP contribution in [0.4, 0.5) is 0 Å². The summed E-state index contributed by atoms with van der Waals surface area (Å²) in [6.07, 6.45) is -8.91. The van der Waals surface area contributed by atoms with Gasteiger partial charge in [0.15, 0.2) is 24.1 Å². The first-order chi connectivity index (χ1) is 18.2. The molecule has 2 heterocycles. The van der Waals surface area contributed by atoms with E-state index in [4.69, 9.17) is 23.7 Å². The highest BCUT2D eigenvalue weighted by Gasteiger charge is 2.64. The number of aliphatic hydroxyl groups excluding tert-OH is 6. The average molecular weight is 546 g/mol. The minimum Gasteiger partial charge on any atom is -0.493 e. The largest absolute Gasteiger partial charge is 0.493 e. The third-order valence-corrected chi connectivity index (χ3v) is 7.98. The van der Waals surface area contributed by atoms with Crippen molar-refractivity contribution in [1.29, 1.82) is 0 Å². The van der Waals surface area contributed by atoms with Gasteiger partial charge in [0.25, 0.3) is 0 Å². The van der Waals surface area contributed by atoms with Crippen LogP contribution in [0.15, 0.2) is 18.2 Å². The number of benzene rings is 1. The quantitative estimate of drug-likeness (QED) is 0.149. The highest BCUT2D eigenvalue weighted by Crippen LogP contribution is 2.48. The summed E-state index contributed by atoms with van der Waals surface area (Å²) in [5.41, 5.74) is -0.930. The normalized spacial score (nSPS) is 41.1. The fraction of sp³-hybridized carbons (Fsp3) is 0.760. The molecule has 4 rings (SSSR count). The number of aliphatic hydroxyl groups is 7. The number of methoxy groups -OCH3 is 2. The second-order valence-electron chi connectivity index (χ2n) is 10.1. The van der Waals surface area contributed by atoms with Crippen LogP contribution < -0.4 is 14.8 Å². The van der Waals surface area contributed by atoms with Gasteiger partial charge < -0.3 is 64.7 Å². The maximum atomic E-state index is 11.6. The Morgan fingerprint density at radius 1 is 0.974 bits per heavy atom. The van der Waals surface area contributed by atoms with Gasteiger partial charge in [0, 0.05) is 5.92 Å². The zero-order valence-electron chi connectivity index (χ0n) is 21.4. The van der Waals surface area contributed by atoms with Gasteiger partial charge in [-0.1, -0.05) is 6.07 Å². The van der Waals surface area contributed by atoms with Gasteiger partial charge >= 0.3 is 0 Å². The zero-order valence-corrected chi connectivity index (χ0v) is 21.4. The van der Waals surface area contributed by atoms with Gasteiger partial charge in [-0.2, -0.15) is 0 Å². The molecule has 3 aliphatic rings. The van der Waals surface area contributed by atoms with Gasteiger partial charge in [-0.3, -0.25) is 0 Å². The Morgan fingerprint density at radius 2 is 1.71 bits per heavy atom. The van der Waals surface area contributed by atoms with Crippen molar-refractivity contribution in [3.8, 4) is 11.5 Å². The maximum Gasteiger partial charge on any atom is 0.189 e. The lowest BCUT2D eigenvalue weighted by atomic mass is 9.81. The summed E-state index contributed by atoms with van der Waals surface area (Å²) < 4.78 is 27.6. The van der Waals surface area contributed by atoms with E-state index >= 15 is 0 Å². The molecule has 1 aromatic rings. The van der Waals surface area contributed by atoms with Crippen LogP contribution in [0.5, 0.6) is 11.5 Å². The molecule has 1 saturated carbocycles. The molecular formula is C25H39NO12. The van der Waals surface area contributed by atoms with Crippen LogP contribution in [0.3, 0.4) is 0 Å². The summed E-state index contributed by atoms with van der Waals surface area (Å²) in [6.45, 7) is -0.816. The first-order valence-corrected chi connectivity index (χ1v) is 12.7. The van der Waals surface area contributed by atoms with Crippen LogP contribution in [0.25, 0.3) is 0 Å². The summed E-state index contributed by atoms with van der Waals surface area (Å²) in [5, 5.41) is 76.3. The maximum absolute atomic E-state index is 11.6. The van der Waals surface area contributed by atoms with Crippen molar-refractivity contribution in [1.82, 2.24) is 5.32 Å². The molecule has 0 radical (unpaired) electrons. The summed E-state index contributed by atoms with van der Waals surface area (Å²) in [5.74, 6) is -0.259. The van der Waals surface area contributed by atoms with E-state index in [-0.39, 0.29) is 6.61 Å². The van der Waals surface area contributed by atoms with Gasteiger partial charge in [-0.15, -0.1) is 0 Å². The topological polar surface area (TPSA) is 200 Å². The molecule has 1 aromatic carbocycles. The highest BCUT2D eigenvalue weighted by atomic mass is 16.8. The predicted octanol–water partition coefficient (Wildman–Crippen LogP) is -2.90. The Hall–Kier alpha value is -1.62. The van der Waals surface area contributed by atoms with Gasteiger partial charge in [0.1, 0.15) is 30.0 Å². The fourth-order valence-corrected chi connectivity index (χ4v) is 5.89. The number of nitrogens with one attached hydrogen (secondary N) is 1. The van der Waals surface area contributed by atoms with E-state index < -0.39 is 79.8 Å². The minimum absolute atomic E-state index is 0.167. The lowest BCUT2D eigenvalue weighted by Gasteiger charge is -2.45. The molecule has 0 amide bonds. The van der Waals surface area contributed by atoms with Crippen LogP contribution in [0, 0.1) is 11.8 Å². The predicted molar refractivity (Wildman–Crippen MR) is 129 cm³/mol. The standard InChI is InChI=1S/C25H39NO12/c1-34-14-4-3-12(9-15(14)35-2)5-7-26-22-18(29)13-6-8-36-23(17(13)25(22,33)11-28)38-24-21(32)20(31)19(30)16(10-27)37-24/h3-4,9,13,16-24,26-33H,5-8,10-11H2,1-2H3/t13-,16+,17+,18-,19+,20-,21+,22-,23+,24+,25+/m0/s1. The molecule has 38 heavy (non-hydrogen) atoms. The number of hydrogen-bond acceptors (Lipinski definition) is 13. The lowest BCUT2D eigenvalue weighted by molar-refractivity contribution is -0.359. The Labute approximate surface area is 220 Å². The smallest absolute Gasteiger partial charge is 0.189 e. The summed E-state index contributed by atoms with van der Waals surface area (Å²) >= 11 is 0. The summed E-state index contributed by atoms with van der Waals surface area (Å²) in [7, 11) is 3.09. The van der Waals surface area contributed by atoms with E-state index in [9.17, 15) is 35.7 Å². The van der Waals surface area contributed by atoms with Crippen molar-refractivity contribution in [3.05, 3.63) is 23.8 Å². The Balaban J connectivity index is 1.47. The molecule has 0 aromatic heterocycles. The third-order valence-electron chi connectivity index (χ3n) is 7.98. The van der Waals surface area contributed by atoms with Crippen molar-refractivity contribution in [2.24, 2.45) is 11.8 Å². The summed E-state index contributed by atoms with van der Waals surface area (Å²) in [4.78, 5) is 0. The van der Waals surface area contributed by atoms with Crippen molar-refractivity contribution in [2.75, 3.05) is 40.6 Å². The van der Waals surface area contributed by atoms with Crippen LogP contribution in [-0.2, 0) is 20.6 Å². The molecule has 11 atom stereocenters. The SMILES string of the molecule is COc1ccc(CCN[C@H]2[C@@H](O)[C@H]3CCO[C@H](O[C@H]4O[C@H](CO)[C@@H](O)[C@H](O)[C@H]4O)[C@@H]3[C@]2(O)CO)cc1OC. The van der Waals surface area contributed by atoms with E-state index in [0.29, 0.717) is 30.9 Å². The van der Waals surface area contributed by atoms with Crippen LogP contribution in [0.1, 0.15) is 12.0 Å². The average Bonchev–Trinajstić information content (AvgIpc) is 3.16. The molecule has 0 spiro atoms. The van der Waals surface area contributed by atoms with E-state index in [0.717, 1.165) is 5.56 Å². The second-order valence-corrected chi connectivity index (χ2v) is 10.1. The third kappa shape index (κ3) is 5.38. The van der Waals surface area contributed by atoms with E-state index in [1.165, 1.54) is 0 Å².